The van der Waals surface area contributed by atoms with E-state index in [1.54, 1.807) is 0 Å². The van der Waals surface area contributed by atoms with Gasteiger partial charge in [0.2, 0.25) is 0 Å². The van der Waals surface area contributed by atoms with Crippen LogP contribution < -0.4 is 0 Å². The topological polar surface area (TPSA) is 17.3 Å². The fraction of sp³-hybridized carbons (Fsp3) is 0.533. The molecule has 0 amide bonds. The first-order chi connectivity index (χ1) is 8.33. The van der Waals surface area contributed by atoms with Crippen LogP contribution in [0.15, 0.2) is 30.5 Å². The highest BCUT2D eigenvalue weighted by Gasteiger charge is 2.09. The summed E-state index contributed by atoms with van der Waals surface area (Å²) >= 11 is 0. The fourth-order valence-corrected chi connectivity index (χ4v) is 2.37. The smallest absolute Gasteiger partial charge is 0.0664 e. The monoisotopic (exact) mass is 230 g/mol. The maximum atomic E-state index is 4.40. The molecule has 0 saturated carbocycles. The van der Waals surface area contributed by atoms with Crippen molar-refractivity contribution in [1.29, 1.82) is 0 Å². The number of hydrogen-bond acceptors (Lipinski definition) is 1. The van der Waals surface area contributed by atoms with E-state index in [4.69, 9.17) is 0 Å². The summed E-state index contributed by atoms with van der Waals surface area (Å²) < 4.78 is 2.07. The molecule has 0 aliphatic rings. The van der Waals surface area contributed by atoms with Gasteiger partial charge in [-0.2, -0.15) is 5.10 Å². The summed E-state index contributed by atoms with van der Waals surface area (Å²) in [6, 6.07) is 8.51. The molecule has 0 N–H and O–H groups in total. The van der Waals surface area contributed by atoms with Crippen molar-refractivity contribution >= 4 is 5.52 Å². The predicted octanol–water partition coefficient (Wildman–Crippen LogP) is 4.41. The van der Waals surface area contributed by atoms with Gasteiger partial charge in [-0.05, 0) is 30.5 Å². The third-order valence-corrected chi connectivity index (χ3v) is 3.45. The Kier molecular flexibility index (Phi) is 4.18. The van der Waals surface area contributed by atoms with Crippen LogP contribution in [0.1, 0.15) is 57.6 Å². The van der Waals surface area contributed by atoms with Gasteiger partial charge in [0.15, 0.2) is 0 Å². The standard InChI is InChI=1S/C15H22N2/c1-3-4-5-6-8-13(2)15-10-7-9-14-11-12-16-17(14)15/h7,9-13H,3-6,8H2,1-2H3. The Balaban J connectivity index is 2.03. The van der Waals surface area contributed by atoms with Gasteiger partial charge in [-0.15, -0.1) is 0 Å². The Bertz CT molecular complexity index is 459. The third kappa shape index (κ3) is 2.87. The van der Waals surface area contributed by atoms with Gasteiger partial charge < -0.3 is 0 Å². The van der Waals surface area contributed by atoms with Gasteiger partial charge in [-0.3, -0.25) is 0 Å². The lowest BCUT2D eigenvalue weighted by Gasteiger charge is -2.13. The molecule has 92 valence electrons. The second-order valence-corrected chi connectivity index (χ2v) is 4.87. The van der Waals surface area contributed by atoms with Crippen LogP contribution in [-0.2, 0) is 0 Å². The van der Waals surface area contributed by atoms with Crippen LogP contribution >= 0.6 is 0 Å². The van der Waals surface area contributed by atoms with E-state index < -0.39 is 0 Å². The number of hydrogen-bond donors (Lipinski definition) is 0. The van der Waals surface area contributed by atoms with Gasteiger partial charge in [-0.25, -0.2) is 4.52 Å². The lowest BCUT2D eigenvalue weighted by atomic mass is 9.99. The van der Waals surface area contributed by atoms with Gasteiger partial charge in [-0.1, -0.05) is 45.6 Å². The summed E-state index contributed by atoms with van der Waals surface area (Å²) in [6.45, 7) is 4.57. The molecule has 0 aliphatic heterocycles. The van der Waals surface area contributed by atoms with Gasteiger partial charge in [0, 0.05) is 11.9 Å². The summed E-state index contributed by atoms with van der Waals surface area (Å²) in [6.07, 6.45) is 8.49. The van der Waals surface area contributed by atoms with E-state index in [9.17, 15) is 0 Å². The van der Waals surface area contributed by atoms with E-state index in [0.717, 1.165) is 0 Å². The van der Waals surface area contributed by atoms with Crippen molar-refractivity contribution in [3.05, 3.63) is 36.2 Å². The van der Waals surface area contributed by atoms with Crippen LogP contribution in [-0.4, -0.2) is 9.61 Å². The van der Waals surface area contributed by atoms with Crippen LogP contribution in [0, 0.1) is 0 Å². The van der Waals surface area contributed by atoms with Crippen molar-refractivity contribution in [2.45, 2.75) is 51.9 Å². The van der Waals surface area contributed by atoms with E-state index in [0.29, 0.717) is 5.92 Å². The average Bonchev–Trinajstić information content (AvgIpc) is 2.82. The molecule has 0 radical (unpaired) electrons. The molecule has 0 bridgehead atoms. The SMILES string of the molecule is CCCCCCC(C)c1cccc2ccnn12. The van der Waals surface area contributed by atoms with Crippen molar-refractivity contribution in [1.82, 2.24) is 9.61 Å². The Hall–Kier alpha value is -1.31. The summed E-state index contributed by atoms with van der Waals surface area (Å²) in [5, 5.41) is 4.40. The van der Waals surface area contributed by atoms with E-state index in [-0.39, 0.29) is 0 Å². The number of aromatic nitrogens is 2. The van der Waals surface area contributed by atoms with Gasteiger partial charge in [0.25, 0.3) is 0 Å². The van der Waals surface area contributed by atoms with Crippen molar-refractivity contribution in [2.75, 3.05) is 0 Å². The zero-order chi connectivity index (χ0) is 12.1. The molecule has 2 heteroatoms. The molecular weight excluding hydrogens is 208 g/mol. The summed E-state index contributed by atoms with van der Waals surface area (Å²) in [4.78, 5) is 0. The molecule has 2 rings (SSSR count). The second-order valence-electron chi connectivity index (χ2n) is 4.87. The molecule has 2 heterocycles. The van der Waals surface area contributed by atoms with E-state index in [1.165, 1.54) is 43.3 Å². The van der Waals surface area contributed by atoms with Crippen molar-refractivity contribution in [2.24, 2.45) is 0 Å². The van der Waals surface area contributed by atoms with Gasteiger partial charge >= 0.3 is 0 Å². The number of rotatable bonds is 6. The van der Waals surface area contributed by atoms with Crippen LogP contribution in [0.4, 0.5) is 0 Å². The molecule has 17 heavy (non-hydrogen) atoms. The first kappa shape index (κ1) is 12.2. The quantitative estimate of drug-likeness (QED) is 0.672. The summed E-state index contributed by atoms with van der Waals surface area (Å²) in [7, 11) is 0. The number of nitrogens with zero attached hydrogens (tertiary/aromatic N) is 2. The molecule has 2 aromatic heterocycles. The molecule has 2 nitrogen and oxygen atoms in total. The number of fused-ring (bicyclic) bond motifs is 1. The molecule has 1 atom stereocenters. The predicted molar refractivity (Wildman–Crippen MR) is 72.4 cm³/mol. The Morgan fingerprint density at radius 3 is 2.88 bits per heavy atom. The zero-order valence-electron chi connectivity index (χ0n) is 10.9. The maximum Gasteiger partial charge on any atom is 0.0664 e. The molecule has 0 saturated heterocycles. The highest BCUT2D eigenvalue weighted by molar-refractivity contribution is 5.46. The molecule has 0 fully saturated rings. The highest BCUT2D eigenvalue weighted by atomic mass is 15.2. The third-order valence-electron chi connectivity index (χ3n) is 3.45. The van der Waals surface area contributed by atoms with E-state index in [1.807, 2.05) is 6.20 Å². The van der Waals surface area contributed by atoms with Crippen molar-refractivity contribution in [3.8, 4) is 0 Å². The average molecular weight is 230 g/mol. The maximum absolute atomic E-state index is 4.40. The lowest BCUT2D eigenvalue weighted by Crippen LogP contribution is -2.03. The number of unbranched alkanes of at least 4 members (excludes halogenated alkanes) is 3. The molecule has 2 aromatic rings. The largest absolute Gasteiger partial charge is 0.238 e. The van der Waals surface area contributed by atoms with Crippen LogP contribution in [0.5, 0.6) is 0 Å². The Morgan fingerprint density at radius 1 is 1.18 bits per heavy atom. The van der Waals surface area contributed by atoms with Crippen molar-refractivity contribution in [3.63, 3.8) is 0 Å². The van der Waals surface area contributed by atoms with E-state index >= 15 is 0 Å². The summed E-state index contributed by atoms with van der Waals surface area (Å²) in [5.74, 6) is 0.593. The zero-order valence-corrected chi connectivity index (χ0v) is 10.9. The minimum atomic E-state index is 0.593. The number of pyridine rings is 1. The van der Waals surface area contributed by atoms with E-state index in [2.05, 4.69) is 47.7 Å². The Labute approximate surface area is 104 Å². The summed E-state index contributed by atoms with van der Waals surface area (Å²) in [5.41, 5.74) is 2.53. The van der Waals surface area contributed by atoms with Crippen LogP contribution in [0.25, 0.3) is 5.52 Å². The molecular formula is C15H22N2. The first-order valence-electron chi connectivity index (χ1n) is 6.75. The Morgan fingerprint density at radius 2 is 2.06 bits per heavy atom. The van der Waals surface area contributed by atoms with Crippen LogP contribution in [0.3, 0.4) is 0 Å². The molecule has 0 spiro atoms. The lowest BCUT2D eigenvalue weighted by molar-refractivity contribution is 0.563. The normalized spacial score (nSPS) is 13.1. The van der Waals surface area contributed by atoms with Crippen molar-refractivity contribution < 1.29 is 0 Å². The fourth-order valence-electron chi connectivity index (χ4n) is 2.37. The first-order valence-corrected chi connectivity index (χ1v) is 6.75. The minimum Gasteiger partial charge on any atom is -0.238 e. The second kappa shape index (κ2) is 5.85. The minimum absolute atomic E-state index is 0.593. The molecule has 0 aromatic carbocycles. The van der Waals surface area contributed by atoms with Gasteiger partial charge in [0.1, 0.15) is 0 Å². The van der Waals surface area contributed by atoms with Gasteiger partial charge in [0.05, 0.1) is 5.52 Å². The highest BCUT2D eigenvalue weighted by Crippen LogP contribution is 2.22. The molecule has 0 aliphatic carbocycles. The molecule has 1 unspecified atom stereocenters. The van der Waals surface area contributed by atoms with Crippen LogP contribution in [0.2, 0.25) is 0 Å².